The lowest BCUT2D eigenvalue weighted by atomic mass is 10.1. The number of rotatable bonds is 7. The Labute approximate surface area is 180 Å². The van der Waals surface area contributed by atoms with Crippen molar-refractivity contribution in [1.29, 1.82) is 0 Å². The van der Waals surface area contributed by atoms with Crippen LogP contribution in [0.25, 0.3) is 0 Å². The number of nitrogens with one attached hydrogen (secondary N) is 1. The molecule has 2 heterocycles. The van der Waals surface area contributed by atoms with Crippen molar-refractivity contribution in [3.05, 3.63) is 76.0 Å². The molecule has 1 aliphatic heterocycles. The predicted molar refractivity (Wildman–Crippen MR) is 120 cm³/mol. The zero-order valence-corrected chi connectivity index (χ0v) is 18.1. The smallest absolute Gasteiger partial charge is 0.268 e. The number of amides is 1. The number of fused-ring (bicyclic) bond motifs is 1. The largest absolute Gasteiger partial charge is 0.497 e. The van der Waals surface area contributed by atoms with Gasteiger partial charge < -0.3 is 9.64 Å². The van der Waals surface area contributed by atoms with Crippen LogP contribution < -0.4 is 14.4 Å². The summed E-state index contributed by atoms with van der Waals surface area (Å²) in [4.78, 5) is 15.1. The lowest BCUT2D eigenvalue weighted by molar-refractivity contribution is 0.0993. The van der Waals surface area contributed by atoms with Gasteiger partial charge in [-0.2, -0.15) is 0 Å². The lowest BCUT2D eigenvalue weighted by Gasteiger charge is -2.17. The topological polar surface area (TPSA) is 75.7 Å². The summed E-state index contributed by atoms with van der Waals surface area (Å²) in [6.45, 7) is 0.597. The summed E-state index contributed by atoms with van der Waals surface area (Å²) < 4.78 is 32.8. The second-order valence-electron chi connectivity index (χ2n) is 7.05. The normalized spacial score (nSPS) is 13.2. The van der Waals surface area contributed by atoms with E-state index >= 15 is 0 Å². The molecule has 0 atom stereocenters. The fourth-order valence-corrected chi connectivity index (χ4v) is 5.25. The molecule has 8 heteroatoms. The van der Waals surface area contributed by atoms with E-state index in [1.54, 1.807) is 18.1 Å². The highest BCUT2D eigenvalue weighted by molar-refractivity contribution is 7.92. The van der Waals surface area contributed by atoms with Crippen molar-refractivity contribution >= 4 is 38.6 Å². The molecule has 1 aromatic heterocycles. The van der Waals surface area contributed by atoms with Gasteiger partial charge in [0.05, 0.1) is 17.7 Å². The monoisotopic (exact) mass is 442 g/mol. The van der Waals surface area contributed by atoms with E-state index in [0.29, 0.717) is 30.0 Å². The number of ether oxygens (including phenoxy) is 1. The fourth-order valence-electron chi connectivity index (χ4n) is 3.48. The minimum absolute atomic E-state index is 0.0145. The Bertz CT molecular complexity index is 1140. The number of carbonyl (C=O) groups excluding carboxylic acids is 1. The van der Waals surface area contributed by atoms with Gasteiger partial charge in [-0.25, -0.2) is 8.42 Å². The summed E-state index contributed by atoms with van der Waals surface area (Å²) in [6.07, 6.45) is 1.11. The lowest BCUT2D eigenvalue weighted by Crippen LogP contribution is -2.28. The SMILES string of the molecule is COc1ccc(CCS(=O)(=O)Nc2ccc3c(c2)CCN3C(=O)c2cccs2)cc1. The van der Waals surface area contributed by atoms with Crippen LogP contribution in [0.4, 0.5) is 11.4 Å². The van der Waals surface area contributed by atoms with E-state index < -0.39 is 10.0 Å². The Morgan fingerprint density at radius 1 is 1.17 bits per heavy atom. The van der Waals surface area contributed by atoms with Crippen LogP contribution in [0.1, 0.15) is 20.8 Å². The maximum Gasteiger partial charge on any atom is 0.268 e. The molecule has 0 saturated heterocycles. The van der Waals surface area contributed by atoms with Gasteiger partial charge in [-0.15, -0.1) is 11.3 Å². The third-order valence-electron chi connectivity index (χ3n) is 5.04. The number of thiophene rings is 1. The first kappa shape index (κ1) is 20.4. The van der Waals surface area contributed by atoms with Crippen molar-refractivity contribution in [2.75, 3.05) is 29.0 Å². The van der Waals surface area contributed by atoms with Crippen LogP contribution in [-0.4, -0.2) is 33.7 Å². The van der Waals surface area contributed by atoms with E-state index in [9.17, 15) is 13.2 Å². The van der Waals surface area contributed by atoms with Crippen LogP contribution >= 0.6 is 11.3 Å². The Hall–Kier alpha value is -2.84. The number of aryl methyl sites for hydroxylation is 1. The predicted octanol–water partition coefficient (Wildman–Crippen LogP) is 3.94. The molecule has 0 saturated carbocycles. The molecule has 1 aliphatic rings. The molecule has 0 fully saturated rings. The molecule has 2 aromatic carbocycles. The Balaban J connectivity index is 1.42. The summed E-state index contributed by atoms with van der Waals surface area (Å²) in [5, 5.41) is 1.88. The van der Waals surface area contributed by atoms with Gasteiger partial charge >= 0.3 is 0 Å². The van der Waals surface area contributed by atoms with Gasteiger partial charge in [-0.05, 0) is 65.7 Å². The van der Waals surface area contributed by atoms with Crippen LogP contribution in [0.2, 0.25) is 0 Å². The average Bonchev–Trinajstić information content (AvgIpc) is 3.42. The van der Waals surface area contributed by atoms with Gasteiger partial charge in [0.2, 0.25) is 10.0 Å². The van der Waals surface area contributed by atoms with Crippen LogP contribution in [0.15, 0.2) is 60.0 Å². The van der Waals surface area contributed by atoms with E-state index in [1.165, 1.54) is 11.3 Å². The summed E-state index contributed by atoms with van der Waals surface area (Å²) in [6, 6.07) is 16.4. The summed E-state index contributed by atoms with van der Waals surface area (Å²) in [5.74, 6) is 0.709. The first-order valence-corrected chi connectivity index (χ1v) is 12.1. The Morgan fingerprint density at radius 3 is 2.67 bits per heavy atom. The van der Waals surface area contributed by atoms with Gasteiger partial charge in [0.15, 0.2) is 0 Å². The van der Waals surface area contributed by atoms with E-state index in [4.69, 9.17) is 4.74 Å². The second kappa shape index (κ2) is 8.49. The highest BCUT2D eigenvalue weighted by Crippen LogP contribution is 2.32. The zero-order valence-electron chi connectivity index (χ0n) is 16.5. The molecule has 3 aromatic rings. The number of carbonyl (C=O) groups is 1. The molecule has 30 heavy (non-hydrogen) atoms. The first-order valence-electron chi connectivity index (χ1n) is 9.57. The maximum atomic E-state index is 12.7. The van der Waals surface area contributed by atoms with Crippen molar-refractivity contribution < 1.29 is 17.9 Å². The number of benzene rings is 2. The molecule has 0 radical (unpaired) electrons. The van der Waals surface area contributed by atoms with Gasteiger partial charge in [-0.1, -0.05) is 18.2 Å². The number of nitrogens with zero attached hydrogens (tertiary/aromatic N) is 1. The van der Waals surface area contributed by atoms with E-state index in [-0.39, 0.29) is 11.7 Å². The average molecular weight is 443 g/mol. The molecule has 1 N–H and O–H groups in total. The molecule has 6 nitrogen and oxygen atoms in total. The van der Waals surface area contributed by atoms with Gasteiger partial charge in [0, 0.05) is 17.9 Å². The highest BCUT2D eigenvalue weighted by atomic mass is 32.2. The van der Waals surface area contributed by atoms with Crippen molar-refractivity contribution in [3.63, 3.8) is 0 Å². The van der Waals surface area contributed by atoms with E-state index in [2.05, 4.69) is 4.72 Å². The minimum Gasteiger partial charge on any atom is -0.497 e. The molecule has 0 spiro atoms. The standard InChI is InChI=1S/C22H22N2O4S2/c1-28-19-7-4-16(5-8-19)11-14-30(26,27)23-18-6-9-20-17(15-18)10-12-24(20)22(25)21-3-2-13-29-21/h2-9,13,15,23H,10-12,14H2,1H3. The Kier molecular flexibility index (Phi) is 5.78. The molecule has 0 bridgehead atoms. The summed E-state index contributed by atoms with van der Waals surface area (Å²) in [5.41, 5.74) is 3.26. The van der Waals surface area contributed by atoms with Crippen molar-refractivity contribution in [2.45, 2.75) is 12.8 Å². The summed E-state index contributed by atoms with van der Waals surface area (Å²) >= 11 is 1.42. The number of methoxy groups -OCH3 is 1. The van der Waals surface area contributed by atoms with Gasteiger partial charge in [0.1, 0.15) is 5.75 Å². The van der Waals surface area contributed by atoms with Crippen LogP contribution in [0.5, 0.6) is 5.75 Å². The fraction of sp³-hybridized carbons (Fsp3) is 0.227. The number of hydrogen-bond donors (Lipinski definition) is 1. The second-order valence-corrected chi connectivity index (χ2v) is 9.84. The van der Waals surface area contributed by atoms with Gasteiger partial charge in [-0.3, -0.25) is 9.52 Å². The molecule has 156 valence electrons. The van der Waals surface area contributed by atoms with Crippen molar-refractivity contribution in [2.24, 2.45) is 0 Å². The highest BCUT2D eigenvalue weighted by Gasteiger charge is 2.26. The van der Waals surface area contributed by atoms with Gasteiger partial charge in [0.25, 0.3) is 5.91 Å². The van der Waals surface area contributed by atoms with Crippen molar-refractivity contribution in [3.8, 4) is 5.75 Å². The quantitative estimate of drug-likeness (QED) is 0.601. The molecule has 4 rings (SSSR count). The summed E-state index contributed by atoms with van der Waals surface area (Å²) in [7, 11) is -1.90. The molecule has 0 aliphatic carbocycles. The number of anilines is 2. The first-order chi connectivity index (χ1) is 14.4. The van der Waals surface area contributed by atoms with Crippen LogP contribution in [-0.2, 0) is 22.9 Å². The third kappa shape index (κ3) is 4.49. The van der Waals surface area contributed by atoms with E-state index in [1.807, 2.05) is 53.9 Å². The van der Waals surface area contributed by atoms with Crippen LogP contribution in [0.3, 0.4) is 0 Å². The molecular weight excluding hydrogens is 420 g/mol. The van der Waals surface area contributed by atoms with Crippen LogP contribution in [0, 0.1) is 0 Å². The molecular formula is C22H22N2O4S2. The number of sulfonamides is 1. The minimum atomic E-state index is -3.49. The maximum absolute atomic E-state index is 12.7. The molecule has 0 unspecified atom stereocenters. The zero-order chi connectivity index (χ0) is 21.1. The van der Waals surface area contributed by atoms with Crippen molar-refractivity contribution in [1.82, 2.24) is 0 Å². The third-order valence-corrected chi connectivity index (χ3v) is 7.19. The molecule has 1 amide bonds. The Morgan fingerprint density at radius 2 is 1.97 bits per heavy atom. The number of hydrogen-bond acceptors (Lipinski definition) is 5. The van der Waals surface area contributed by atoms with E-state index in [0.717, 1.165) is 22.6 Å².